The van der Waals surface area contributed by atoms with Crippen molar-refractivity contribution in [3.63, 3.8) is 0 Å². The van der Waals surface area contributed by atoms with Crippen molar-refractivity contribution in [2.24, 2.45) is 0 Å². The number of thiophene rings is 1. The fraction of sp³-hybridized carbons (Fsp3) is 0.542. The molecular formula is C24H34O5SSi. The number of carbonyl (C=O) groups excluding carboxylic acids is 1. The summed E-state index contributed by atoms with van der Waals surface area (Å²) in [6, 6.07) is 10.4. The molecule has 0 amide bonds. The Bertz CT molecular complexity index is 873. The Morgan fingerprint density at radius 3 is 2.58 bits per heavy atom. The highest BCUT2D eigenvalue weighted by Gasteiger charge is 2.39. The fourth-order valence-electron chi connectivity index (χ4n) is 3.23. The first-order valence-corrected chi connectivity index (χ1v) is 14.6. The van der Waals surface area contributed by atoms with Crippen LogP contribution in [0.15, 0.2) is 35.7 Å². The van der Waals surface area contributed by atoms with Crippen LogP contribution in [-0.4, -0.2) is 27.7 Å². The monoisotopic (exact) mass is 462 g/mol. The van der Waals surface area contributed by atoms with E-state index in [1.54, 1.807) is 11.3 Å². The molecule has 3 rings (SSSR count). The highest BCUT2D eigenvalue weighted by atomic mass is 32.1. The minimum absolute atomic E-state index is 0.00832. The van der Waals surface area contributed by atoms with E-state index in [9.17, 15) is 4.79 Å². The smallest absolute Gasteiger partial charge is 0.305 e. The maximum Gasteiger partial charge on any atom is 0.305 e. The molecule has 0 N–H and O–H groups in total. The van der Waals surface area contributed by atoms with Crippen molar-refractivity contribution < 1.29 is 23.4 Å². The normalized spacial score (nSPS) is 16.9. The lowest BCUT2D eigenvalue weighted by Gasteiger charge is -2.39. The van der Waals surface area contributed by atoms with E-state index in [4.69, 9.17) is 18.6 Å². The molecular weight excluding hydrogens is 428 g/mol. The molecule has 0 aliphatic carbocycles. The van der Waals surface area contributed by atoms with Gasteiger partial charge in [0.05, 0.1) is 19.6 Å². The summed E-state index contributed by atoms with van der Waals surface area (Å²) in [5, 5.41) is 2.25. The molecule has 2 atom stereocenters. The van der Waals surface area contributed by atoms with E-state index >= 15 is 0 Å². The Hall–Kier alpha value is -1.83. The zero-order valence-electron chi connectivity index (χ0n) is 19.4. The summed E-state index contributed by atoms with van der Waals surface area (Å²) in [6.45, 7) is 11.4. The van der Waals surface area contributed by atoms with Crippen molar-refractivity contribution in [3.05, 3.63) is 46.2 Å². The van der Waals surface area contributed by atoms with Crippen molar-refractivity contribution in [2.75, 3.05) is 7.11 Å². The molecule has 1 aliphatic heterocycles. The van der Waals surface area contributed by atoms with Crippen LogP contribution in [0.2, 0.25) is 18.1 Å². The number of methoxy groups -OCH3 is 1. The third-order valence-electron chi connectivity index (χ3n) is 6.14. The van der Waals surface area contributed by atoms with Crippen molar-refractivity contribution in [3.8, 4) is 11.5 Å². The number of carbonyl (C=O) groups is 1. The quantitative estimate of drug-likeness (QED) is 0.315. The standard InChI is InChI=1S/C24H34O5SSi/c1-24(2,3)31(5,6)29-19(12-10-18-8-7-15-30-18)17-9-11-20-21(16-17)28-23(27-20)14-13-22(25)26-4/h7-9,11,15-16,19,23H,10,12-14H2,1-6H3. The fourth-order valence-corrected chi connectivity index (χ4v) is 5.28. The summed E-state index contributed by atoms with van der Waals surface area (Å²) in [7, 11) is -0.574. The maximum atomic E-state index is 11.4. The highest BCUT2D eigenvalue weighted by molar-refractivity contribution is 7.09. The molecule has 0 fully saturated rings. The Kier molecular flexibility index (Phi) is 7.50. The van der Waals surface area contributed by atoms with Crippen molar-refractivity contribution in [1.82, 2.24) is 0 Å². The molecule has 0 bridgehead atoms. The van der Waals surface area contributed by atoms with Gasteiger partial charge in [-0.05, 0) is 60.1 Å². The van der Waals surface area contributed by atoms with Gasteiger partial charge in [-0.15, -0.1) is 11.3 Å². The number of rotatable bonds is 9. The van der Waals surface area contributed by atoms with Gasteiger partial charge in [-0.25, -0.2) is 0 Å². The van der Waals surface area contributed by atoms with Gasteiger partial charge in [-0.3, -0.25) is 4.79 Å². The SMILES string of the molecule is COC(=O)CCC1Oc2ccc(C(CCc3cccs3)O[Si](C)(C)C(C)(C)C)cc2O1. The second-order valence-corrected chi connectivity index (χ2v) is 15.3. The lowest BCUT2D eigenvalue weighted by molar-refractivity contribution is -0.141. The number of aryl methyl sites for hydroxylation is 1. The lowest BCUT2D eigenvalue weighted by atomic mass is 10.0. The second-order valence-electron chi connectivity index (χ2n) is 9.47. The van der Waals surface area contributed by atoms with Gasteiger partial charge in [0.25, 0.3) is 0 Å². The number of benzene rings is 1. The number of fused-ring (bicyclic) bond motifs is 1. The molecule has 0 saturated heterocycles. The molecule has 7 heteroatoms. The van der Waals surface area contributed by atoms with Gasteiger partial charge in [0.2, 0.25) is 6.29 Å². The molecule has 1 aromatic carbocycles. The Balaban J connectivity index is 1.76. The number of hydrogen-bond donors (Lipinski definition) is 0. The summed E-state index contributed by atoms with van der Waals surface area (Å²) >= 11 is 1.79. The molecule has 0 saturated carbocycles. The van der Waals surface area contributed by atoms with Crippen LogP contribution < -0.4 is 9.47 Å². The summed E-state index contributed by atoms with van der Waals surface area (Å²) in [6.07, 6.45) is 2.14. The van der Waals surface area contributed by atoms with E-state index in [2.05, 4.69) is 57.4 Å². The van der Waals surface area contributed by atoms with E-state index in [-0.39, 0.29) is 23.5 Å². The van der Waals surface area contributed by atoms with E-state index in [0.29, 0.717) is 17.9 Å². The summed E-state index contributed by atoms with van der Waals surface area (Å²) in [4.78, 5) is 12.8. The zero-order chi connectivity index (χ0) is 22.6. The highest BCUT2D eigenvalue weighted by Crippen LogP contribution is 2.43. The van der Waals surface area contributed by atoms with E-state index in [1.807, 2.05) is 12.1 Å². The molecule has 170 valence electrons. The molecule has 1 aromatic heterocycles. The lowest BCUT2D eigenvalue weighted by Crippen LogP contribution is -2.41. The average Bonchev–Trinajstić information content (AvgIpc) is 3.36. The number of esters is 1. The van der Waals surface area contributed by atoms with E-state index in [1.165, 1.54) is 12.0 Å². The zero-order valence-corrected chi connectivity index (χ0v) is 21.2. The number of ether oxygens (including phenoxy) is 3. The van der Waals surface area contributed by atoms with Crippen LogP contribution in [0, 0.1) is 0 Å². The average molecular weight is 463 g/mol. The van der Waals surface area contributed by atoms with Gasteiger partial charge in [-0.1, -0.05) is 32.9 Å². The molecule has 0 spiro atoms. The maximum absolute atomic E-state index is 11.4. The van der Waals surface area contributed by atoms with Crippen LogP contribution in [0.5, 0.6) is 11.5 Å². The van der Waals surface area contributed by atoms with Crippen LogP contribution in [0.3, 0.4) is 0 Å². The van der Waals surface area contributed by atoms with Crippen molar-refractivity contribution in [1.29, 1.82) is 0 Å². The minimum Gasteiger partial charge on any atom is -0.469 e. The molecule has 0 radical (unpaired) electrons. The molecule has 2 unspecified atom stereocenters. The van der Waals surface area contributed by atoms with Crippen LogP contribution >= 0.6 is 11.3 Å². The summed E-state index contributed by atoms with van der Waals surface area (Å²) < 4.78 is 23.4. The van der Waals surface area contributed by atoms with Gasteiger partial charge < -0.3 is 18.6 Å². The first kappa shape index (κ1) is 23.8. The Labute approximate surface area is 190 Å². The summed E-state index contributed by atoms with van der Waals surface area (Å²) in [5.41, 5.74) is 1.11. The third kappa shape index (κ3) is 6.11. The molecule has 5 nitrogen and oxygen atoms in total. The predicted molar refractivity (Wildman–Crippen MR) is 126 cm³/mol. The molecule has 31 heavy (non-hydrogen) atoms. The van der Waals surface area contributed by atoms with Crippen LogP contribution in [0.1, 0.15) is 56.6 Å². The van der Waals surface area contributed by atoms with E-state index in [0.717, 1.165) is 18.4 Å². The second kappa shape index (κ2) is 9.75. The van der Waals surface area contributed by atoms with Gasteiger partial charge in [0.15, 0.2) is 19.8 Å². The van der Waals surface area contributed by atoms with E-state index < -0.39 is 14.6 Å². The molecule has 2 aromatic rings. The predicted octanol–water partition coefficient (Wildman–Crippen LogP) is 6.49. The van der Waals surface area contributed by atoms with Gasteiger partial charge in [0, 0.05) is 11.3 Å². The van der Waals surface area contributed by atoms with Gasteiger partial charge >= 0.3 is 5.97 Å². The van der Waals surface area contributed by atoms with Crippen LogP contribution in [0.4, 0.5) is 0 Å². The number of hydrogen-bond acceptors (Lipinski definition) is 6. The Morgan fingerprint density at radius 2 is 1.94 bits per heavy atom. The van der Waals surface area contributed by atoms with Crippen molar-refractivity contribution >= 4 is 25.6 Å². The first-order chi connectivity index (χ1) is 14.6. The van der Waals surface area contributed by atoms with Gasteiger partial charge in [-0.2, -0.15) is 0 Å². The van der Waals surface area contributed by atoms with Crippen molar-refractivity contribution in [2.45, 2.75) is 77.0 Å². The largest absolute Gasteiger partial charge is 0.469 e. The minimum atomic E-state index is -1.96. The van der Waals surface area contributed by atoms with Crippen LogP contribution in [0.25, 0.3) is 0 Å². The molecule has 2 heterocycles. The topological polar surface area (TPSA) is 54.0 Å². The summed E-state index contributed by atoms with van der Waals surface area (Å²) in [5.74, 6) is 1.16. The Morgan fingerprint density at radius 1 is 1.19 bits per heavy atom. The molecule has 1 aliphatic rings. The first-order valence-electron chi connectivity index (χ1n) is 10.8. The van der Waals surface area contributed by atoms with Gasteiger partial charge in [0.1, 0.15) is 0 Å². The third-order valence-corrected chi connectivity index (χ3v) is 11.6. The van der Waals surface area contributed by atoms with Crippen LogP contribution in [-0.2, 0) is 20.4 Å².